The minimum absolute atomic E-state index is 0.193. The molecule has 0 aliphatic heterocycles. The summed E-state index contributed by atoms with van der Waals surface area (Å²) in [5, 5.41) is 0.789. The van der Waals surface area contributed by atoms with E-state index in [9.17, 15) is 17.6 Å². The number of nitrogens with two attached hydrogens (primary N) is 1. The molecule has 1 aromatic carbocycles. The van der Waals surface area contributed by atoms with E-state index >= 15 is 0 Å². The summed E-state index contributed by atoms with van der Waals surface area (Å²) in [6, 6.07) is 4.20. The molecule has 0 aromatic heterocycles. The number of rotatable bonds is 7. The van der Waals surface area contributed by atoms with Crippen molar-refractivity contribution < 1.29 is 22.3 Å². The van der Waals surface area contributed by atoms with Gasteiger partial charge >= 0.3 is 12.3 Å². The van der Waals surface area contributed by atoms with Gasteiger partial charge in [0.25, 0.3) is 0 Å². The maximum absolute atomic E-state index is 12.6. The summed E-state index contributed by atoms with van der Waals surface area (Å²) in [6.07, 6.45) is -3.57. The Bertz CT molecular complexity index is 425. The van der Waals surface area contributed by atoms with Crippen LogP contribution in [0.25, 0.3) is 0 Å². The number of ether oxygens (including phenoxy) is 1. The average molecular weight is 334 g/mol. The molecule has 1 aromatic rings. The predicted octanol–water partition coefficient (Wildman–Crippen LogP) is 3.78. The van der Waals surface area contributed by atoms with Crippen molar-refractivity contribution in [1.29, 1.82) is 0 Å². The number of halogens is 6. The lowest BCUT2D eigenvalue weighted by Crippen LogP contribution is -2.36. The predicted molar refractivity (Wildman–Crippen MR) is 69.9 cm³/mol. The Morgan fingerprint density at radius 3 is 2.25 bits per heavy atom. The first-order chi connectivity index (χ1) is 9.24. The zero-order valence-electron chi connectivity index (χ0n) is 10.3. The summed E-state index contributed by atoms with van der Waals surface area (Å²) in [6.45, 7) is -1.68. The number of hydrogen-bond donors (Lipinski definition) is 1. The van der Waals surface area contributed by atoms with Crippen LogP contribution < -0.4 is 5.73 Å². The Hall–Kier alpha value is -0.560. The second-order valence-electron chi connectivity index (χ2n) is 4.24. The van der Waals surface area contributed by atoms with Crippen LogP contribution in [0.3, 0.4) is 0 Å². The third kappa shape index (κ3) is 5.09. The van der Waals surface area contributed by atoms with E-state index in [2.05, 4.69) is 4.74 Å². The first kappa shape index (κ1) is 17.5. The summed E-state index contributed by atoms with van der Waals surface area (Å²) in [5.41, 5.74) is 6.24. The molecule has 0 radical (unpaired) electrons. The van der Waals surface area contributed by atoms with Crippen molar-refractivity contribution in [2.45, 2.75) is 24.8 Å². The summed E-state index contributed by atoms with van der Waals surface area (Å²) in [4.78, 5) is 0. The van der Waals surface area contributed by atoms with Gasteiger partial charge in [-0.1, -0.05) is 29.3 Å². The highest BCUT2D eigenvalue weighted by molar-refractivity contribution is 6.35. The van der Waals surface area contributed by atoms with Crippen LogP contribution in [0.15, 0.2) is 18.2 Å². The molecule has 114 valence electrons. The molecule has 0 aliphatic rings. The zero-order valence-corrected chi connectivity index (χ0v) is 11.8. The molecule has 2 N–H and O–H groups in total. The van der Waals surface area contributed by atoms with Crippen molar-refractivity contribution in [1.82, 2.24) is 0 Å². The number of benzene rings is 1. The lowest BCUT2D eigenvalue weighted by atomic mass is 10.1. The Morgan fingerprint density at radius 1 is 1.20 bits per heavy atom. The fraction of sp³-hybridized carbons (Fsp3) is 0.500. The van der Waals surface area contributed by atoms with Crippen LogP contribution in [0, 0.1) is 0 Å². The third-order valence-electron chi connectivity index (χ3n) is 2.47. The lowest BCUT2D eigenvalue weighted by Gasteiger charge is -2.18. The molecule has 20 heavy (non-hydrogen) atoms. The summed E-state index contributed by atoms with van der Waals surface area (Å²) < 4.78 is 53.5. The minimum atomic E-state index is -4.18. The fourth-order valence-electron chi connectivity index (χ4n) is 1.46. The van der Waals surface area contributed by atoms with Crippen LogP contribution in [-0.4, -0.2) is 31.6 Å². The van der Waals surface area contributed by atoms with Crippen LogP contribution in [0.4, 0.5) is 17.6 Å². The van der Waals surface area contributed by atoms with Gasteiger partial charge < -0.3 is 10.5 Å². The molecule has 0 heterocycles. The van der Waals surface area contributed by atoms with Gasteiger partial charge in [0.15, 0.2) is 0 Å². The molecular weight excluding hydrogens is 321 g/mol. The number of alkyl halides is 4. The van der Waals surface area contributed by atoms with Crippen LogP contribution >= 0.6 is 23.2 Å². The molecule has 0 bridgehead atoms. The molecule has 8 heteroatoms. The zero-order chi connectivity index (χ0) is 15.3. The highest BCUT2D eigenvalue weighted by Crippen LogP contribution is 2.26. The van der Waals surface area contributed by atoms with Gasteiger partial charge in [0, 0.05) is 16.1 Å². The largest absolute Gasteiger partial charge is 0.373 e. The monoisotopic (exact) mass is 333 g/mol. The smallest absolute Gasteiger partial charge is 0.330 e. The Balaban J connectivity index is 2.47. The van der Waals surface area contributed by atoms with E-state index in [4.69, 9.17) is 28.9 Å². The first-order valence-corrected chi connectivity index (χ1v) is 6.42. The van der Waals surface area contributed by atoms with E-state index in [-0.39, 0.29) is 13.0 Å². The van der Waals surface area contributed by atoms with E-state index < -0.39 is 25.0 Å². The molecule has 0 saturated carbocycles. The van der Waals surface area contributed by atoms with Gasteiger partial charge in [-0.15, -0.1) is 0 Å². The van der Waals surface area contributed by atoms with Gasteiger partial charge in [-0.25, -0.2) is 8.78 Å². The second-order valence-corrected chi connectivity index (χ2v) is 5.06. The molecular formula is C12H13Cl2F4NO. The normalized spacial score (nSPS) is 13.8. The molecule has 0 fully saturated rings. The van der Waals surface area contributed by atoms with Crippen molar-refractivity contribution in [3.05, 3.63) is 33.8 Å². The van der Waals surface area contributed by atoms with Crippen molar-refractivity contribution in [2.24, 2.45) is 5.73 Å². The van der Waals surface area contributed by atoms with Gasteiger partial charge in [0.2, 0.25) is 0 Å². The molecule has 1 rings (SSSR count). The molecule has 0 aliphatic carbocycles. The quantitative estimate of drug-likeness (QED) is 0.770. The van der Waals surface area contributed by atoms with Gasteiger partial charge in [-0.05, 0) is 24.1 Å². The van der Waals surface area contributed by atoms with Crippen LogP contribution in [0.1, 0.15) is 5.56 Å². The number of hydrogen-bond acceptors (Lipinski definition) is 2. The van der Waals surface area contributed by atoms with E-state index in [1.807, 2.05) is 0 Å². The Morgan fingerprint density at radius 2 is 1.75 bits per heavy atom. The Kier molecular flexibility index (Phi) is 6.51. The van der Waals surface area contributed by atoms with Crippen LogP contribution in [-0.2, 0) is 11.2 Å². The topological polar surface area (TPSA) is 35.2 Å². The molecule has 1 atom stereocenters. The van der Waals surface area contributed by atoms with Crippen molar-refractivity contribution in [3.8, 4) is 0 Å². The van der Waals surface area contributed by atoms with Gasteiger partial charge in [0.05, 0.1) is 6.61 Å². The fourth-order valence-corrected chi connectivity index (χ4v) is 2.01. The van der Waals surface area contributed by atoms with Crippen molar-refractivity contribution in [3.63, 3.8) is 0 Å². The molecule has 0 spiro atoms. The minimum Gasteiger partial charge on any atom is -0.373 e. The highest BCUT2D eigenvalue weighted by atomic mass is 35.5. The van der Waals surface area contributed by atoms with Crippen LogP contribution in [0.2, 0.25) is 10.0 Å². The van der Waals surface area contributed by atoms with E-state index in [1.54, 1.807) is 18.2 Å². The van der Waals surface area contributed by atoms with Crippen LogP contribution in [0.5, 0.6) is 0 Å². The summed E-state index contributed by atoms with van der Waals surface area (Å²) >= 11 is 11.8. The second kappa shape index (κ2) is 7.45. The van der Waals surface area contributed by atoms with Crippen molar-refractivity contribution >= 4 is 23.2 Å². The lowest BCUT2D eigenvalue weighted by molar-refractivity contribution is -0.166. The van der Waals surface area contributed by atoms with E-state index in [1.165, 1.54) is 0 Å². The molecule has 2 nitrogen and oxygen atoms in total. The molecule has 0 saturated heterocycles. The highest BCUT2D eigenvalue weighted by Gasteiger charge is 2.41. The SMILES string of the molecule is NC(COCC(F)(F)C(F)F)Cc1c(Cl)cccc1Cl. The summed E-state index contributed by atoms with van der Waals surface area (Å²) in [7, 11) is 0. The van der Waals surface area contributed by atoms with Gasteiger partial charge in [-0.3, -0.25) is 0 Å². The van der Waals surface area contributed by atoms with Gasteiger partial charge in [-0.2, -0.15) is 8.78 Å². The first-order valence-electron chi connectivity index (χ1n) is 5.66. The van der Waals surface area contributed by atoms with Gasteiger partial charge in [0.1, 0.15) is 6.61 Å². The average Bonchev–Trinajstić information content (AvgIpc) is 2.33. The maximum Gasteiger partial charge on any atom is 0.330 e. The summed E-state index contributed by atoms with van der Waals surface area (Å²) in [5.74, 6) is -4.18. The Labute approximate surface area is 123 Å². The molecule has 0 amide bonds. The molecule has 1 unspecified atom stereocenters. The maximum atomic E-state index is 12.6. The standard InChI is InChI=1S/C12H13Cl2F4NO/c13-9-2-1-3-10(14)8(9)4-7(19)5-20-6-12(17,18)11(15)16/h1-3,7,11H,4-6,19H2. The van der Waals surface area contributed by atoms with E-state index in [0.717, 1.165) is 0 Å². The third-order valence-corrected chi connectivity index (χ3v) is 3.18. The van der Waals surface area contributed by atoms with Crippen molar-refractivity contribution in [2.75, 3.05) is 13.2 Å². The van der Waals surface area contributed by atoms with E-state index in [0.29, 0.717) is 15.6 Å².